The summed E-state index contributed by atoms with van der Waals surface area (Å²) in [5.74, 6) is 1.46. The van der Waals surface area contributed by atoms with Crippen molar-refractivity contribution in [2.24, 2.45) is 7.05 Å². The van der Waals surface area contributed by atoms with Gasteiger partial charge >= 0.3 is 6.03 Å². The number of fused-ring (bicyclic) bond motifs is 1. The van der Waals surface area contributed by atoms with Crippen molar-refractivity contribution in [3.63, 3.8) is 0 Å². The molecule has 1 N–H and O–H groups in total. The Balaban J connectivity index is 1.79. The normalized spacial score (nSPS) is 10.9. The smallest absolute Gasteiger partial charge is 0.323 e. The Morgan fingerprint density at radius 3 is 2.83 bits per heavy atom. The quantitative estimate of drug-likeness (QED) is 0.803. The van der Waals surface area contributed by atoms with Gasteiger partial charge in [0.2, 0.25) is 0 Å². The van der Waals surface area contributed by atoms with Crippen LogP contribution in [0.3, 0.4) is 0 Å². The number of hydrogen-bond acceptors (Lipinski definition) is 3. The summed E-state index contributed by atoms with van der Waals surface area (Å²) in [6, 6.07) is 9.47. The van der Waals surface area contributed by atoms with E-state index in [4.69, 9.17) is 4.42 Å². The molecule has 6 nitrogen and oxygen atoms in total. The van der Waals surface area contributed by atoms with Crippen LogP contribution in [-0.2, 0) is 20.0 Å². The van der Waals surface area contributed by atoms with Crippen LogP contribution >= 0.6 is 0 Å². The van der Waals surface area contributed by atoms with Crippen molar-refractivity contribution in [3.05, 3.63) is 47.9 Å². The van der Waals surface area contributed by atoms with Gasteiger partial charge in [-0.25, -0.2) is 4.79 Å². The predicted molar refractivity (Wildman–Crippen MR) is 89.3 cm³/mol. The number of carbonyl (C=O) groups is 1. The van der Waals surface area contributed by atoms with Gasteiger partial charge in [-0.3, -0.25) is 10.00 Å². The van der Waals surface area contributed by atoms with Gasteiger partial charge in [0.25, 0.3) is 0 Å². The van der Waals surface area contributed by atoms with Crippen LogP contribution in [0, 0.1) is 0 Å². The van der Waals surface area contributed by atoms with Crippen LogP contribution in [-0.4, -0.2) is 27.8 Å². The van der Waals surface area contributed by atoms with Crippen molar-refractivity contribution in [3.8, 4) is 0 Å². The topological polar surface area (TPSA) is 63.3 Å². The maximum Gasteiger partial charge on any atom is 0.323 e. The zero-order valence-electron chi connectivity index (χ0n) is 13.5. The number of benzene rings is 1. The molecule has 0 fully saturated rings. The number of furan rings is 1. The van der Waals surface area contributed by atoms with Gasteiger partial charge in [0.1, 0.15) is 11.3 Å². The van der Waals surface area contributed by atoms with Crippen LogP contribution in [0.4, 0.5) is 10.6 Å². The zero-order valence-corrected chi connectivity index (χ0v) is 13.5. The summed E-state index contributed by atoms with van der Waals surface area (Å²) in [7, 11) is 3.57. The number of aryl methyl sites for hydroxylation is 2. The maximum atomic E-state index is 12.3. The highest BCUT2D eigenvalue weighted by molar-refractivity contribution is 5.89. The van der Waals surface area contributed by atoms with Gasteiger partial charge in [0, 0.05) is 43.7 Å². The Bertz CT molecular complexity index is 834. The lowest BCUT2D eigenvalue weighted by atomic mass is 10.1. The van der Waals surface area contributed by atoms with E-state index in [0.717, 1.165) is 28.7 Å². The van der Waals surface area contributed by atoms with Crippen LogP contribution in [0.25, 0.3) is 11.0 Å². The van der Waals surface area contributed by atoms with Crippen LogP contribution in [0.1, 0.15) is 18.2 Å². The number of anilines is 1. The summed E-state index contributed by atoms with van der Waals surface area (Å²) in [5, 5.41) is 8.00. The van der Waals surface area contributed by atoms with E-state index in [1.807, 2.05) is 31.3 Å². The Labute approximate surface area is 134 Å². The number of rotatable bonds is 4. The summed E-state index contributed by atoms with van der Waals surface area (Å²) in [6.07, 6.45) is 2.58. The van der Waals surface area contributed by atoms with Gasteiger partial charge < -0.3 is 9.32 Å². The second-order valence-electron chi connectivity index (χ2n) is 5.51. The SMILES string of the molecule is CCc1oc2ccccc2c1CN(C)C(=O)Nc1ccn(C)n1. The maximum absolute atomic E-state index is 12.3. The number of amides is 2. The lowest BCUT2D eigenvalue weighted by Gasteiger charge is -2.17. The van der Waals surface area contributed by atoms with Crippen LogP contribution < -0.4 is 5.32 Å². The number of hydrogen-bond donors (Lipinski definition) is 1. The fourth-order valence-corrected chi connectivity index (χ4v) is 2.60. The summed E-state index contributed by atoms with van der Waals surface area (Å²) in [6.45, 7) is 2.54. The molecule has 0 saturated carbocycles. The molecule has 23 heavy (non-hydrogen) atoms. The minimum atomic E-state index is -0.198. The molecule has 120 valence electrons. The number of aromatic nitrogens is 2. The van der Waals surface area contributed by atoms with Crippen molar-refractivity contribution in [2.75, 3.05) is 12.4 Å². The summed E-state index contributed by atoms with van der Waals surface area (Å²) in [5.41, 5.74) is 1.92. The second-order valence-corrected chi connectivity index (χ2v) is 5.51. The monoisotopic (exact) mass is 312 g/mol. The molecular formula is C17H20N4O2. The second kappa shape index (κ2) is 6.16. The molecule has 2 aromatic heterocycles. The molecule has 2 amide bonds. The fraction of sp³-hybridized carbons (Fsp3) is 0.294. The molecular weight excluding hydrogens is 292 g/mol. The van der Waals surface area contributed by atoms with E-state index >= 15 is 0 Å². The largest absolute Gasteiger partial charge is 0.461 e. The fourth-order valence-electron chi connectivity index (χ4n) is 2.60. The average Bonchev–Trinajstić information content (AvgIpc) is 3.11. The Hall–Kier alpha value is -2.76. The molecule has 0 atom stereocenters. The van der Waals surface area contributed by atoms with E-state index < -0.39 is 0 Å². The van der Waals surface area contributed by atoms with E-state index in [9.17, 15) is 4.79 Å². The van der Waals surface area contributed by atoms with Crippen molar-refractivity contribution in [2.45, 2.75) is 19.9 Å². The molecule has 3 rings (SSSR count). The van der Waals surface area contributed by atoms with Crippen molar-refractivity contribution in [1.29, 1.82) is 0 Å². The molecule has 0 aliphatic carbocycles. The van der Waals surface area contributed by atoms with Gasteiger partial charge in [-0.05, 0) is 6.07 Å². The lowest BCUT2D eigenvalue weighted by Crippen LogP contribution is -2.31. The summed E-state index contributed by atoms with van der Waals surface area (Å²) >= 11 is 0. The number of carbonyl (C=O) groups excluding carboxylic acids is 1. The van der Waals surface area contributed by atoms with Crippen LogP contribution in [0.5, 0.6) is 0 Å². The van der Waals surface area contributed by atoms with Crippen LogP contribution in [0.15, 0.2) is 40.9 Å². The number of nitrogens with zero attached hydrogens (tertiary/aromatic N) is 3. The lowest BCUT2D eigenvalue weighted by molar-refractivity contribution is 0.220. The molecule has 2 heterocycles. The van der Waals surface area contributed by atoms with Crippen molar-refractivity contribution in [1.82, 2.24) is 14.7 Å². The molecule has 0 unspecified atom stereocenters. The van der Waals surface area contributed by atoms with Gasteiger partial charge in [-0.2, -0.15) is 5.10 Å². The Morgan fingerprint density at radius 1 is 1.35 bits per heavy atom. The molecule has 1 aromatic carbocycles. The molecule has 3 aromatic rings. The molecule has 0 saturated heterocycles. The molecule has 0 radical (unpaired) electrons. The van der Waals surface area contributed by atoms with Gasteiger partial charge in [-0.1, -0.05) is 25.1 Å². The number of urea groups is 1. The van der Waals surface area contributed by atoms with E-state index in [2.05, 4.69) is 17.3 Å². The molecule has 0 bridgehead atoms. The first-order chi connectivity index (χ1) is 11.1. The summed E-state index contributed by atoms with van der Waals surface area (Å²) < 4.78 is 7.52. The Kier molecular flexibility index (Phi) is 4.06. The van der Waals surface area contributed by atoms with E-state index in [-0.39, 0.29) is 6.03 Å². The zero-order chi connectivity index (χ0) is 16.4. The van der Waals surface area contributed by atoms with E-state index in [1.165, 1.54) is 0 Å². The molecule has 0 aliphatic heterocycles. The van der Waals surface area contributed by atoms with Crippen LogP contribution in [0.2, 0.25) is 0 Å². The minimum Gasteiger partial charge on any atom is -0.461 e. The number of nitrogens with one attached hydrogen (secondary N) is 1. The van der Waals surface area contributed by atoms with Gasteiger partial charge in [0.15, 0.2) is 5.82 Å². The first kappa shape index (κ1) is 15.1. The van der Waals surface area contributed by atoms with Crippen molar-refractivity contribution >= 4 is 22.8 Å². The molecule has 0 aliphatic rings. The van der Waals surface area contributed by atoms with E-state index in [1.54, 1.807) is 28.9 Å². The third-order valence-corrected chi connectivity index (χ3v) is 3.79. The first-order valence-corrected chi connectivity index (χ1v) is 7.59. The summed E-state index contributed by atoms with van der Waals surface area (Å²) in [4.78, 5) is 13.9. The highest BCUT2D eigenvalue weighted by Crippen LogP contribution is 2.27. The third-order valence-electron chi connectivity index (χ3n) is 3.79. The average molecular weight is 312 g/mol. The first-order valence-electron chi connectivity index (χ1n) is 7.59. The van der Waals surface area contributed by atoms with Gasteiger partial charge in [0.05, 0.1) is 6.54 Å². The molecule has 6 heteroatoms. The predicted octanol–water partition coefficient (Wildman–Crippen LogP) is 3.39. The highest BCUT2D eigenvalue weighted by atomic mass is 16.3. The number of para-hydroxylation sites is 1. The third kappa shape index (κ3) is 3.06. The van der Waals surface area contributed by atoms with Gasteiger partial charge in [-0.15, -0.1) is 0 Å². The molecule has 0 spiro atoms. The minimum absolute atomic E-state index is 0.198. The standard InChI is InChI=1S/C17H20N4O2/c1-4-14-13(12-7-5-6-8-15(12)23-14)11-20(2)17(22)18-16-9-10-21(3)19-16/h5-10H,4,11H2,1-3H3,(H,18,19,22). The Morgan fingerprint density at radius 2 is 2.13 bits per heavy atom. The van der Waals surface area contributed by atoms with Crippen molar-refractivity contribution < 1.29 is 9.21 Å². The highest BCUT2D eigenvalue weighted by Gasteiger charge is 2.17. The van der Waals surface area contributed by atoms with E-state index in [0.29, 0.717) is 12.4 Å².